The second-order valence-electron chi connectivity index (χ2n) is 4.93. The van der Waals surface area contributed by atoms with E-state index in [9.17, 15) is 9.59 Å². The Morgan fingerprint density at radius 3 is 2.71 bits per heavy atom. The summed E-state index contributed by atoms with van der Waals surface area (Å²) in [6.07, 6.45) is 3.26. The fourth-order valence-corrected chi connectivity index (χ4v) is 1.92. The number of nitrogens with one attached hydrogen (secondary N) is 2. The highest BCUT2D eigenvalue weighted by Gasteiger charge is 2.15. The quantitative estimate of drug-likeness (QED) is 0.601. The van der Waals surface area contributed by atoms with E-state index in [1.165, 1.54) is 0 Å². The molecule has 0 atom stereocenters. The zero-order valence-electron chi connectivity index (χ0n) is 12.0. The van der Waals surface area contributed by atoms with Crippen molar-refractivity contribution in [2.24, 2.45) is 5.10 Å². The third kappa shape index (κ3) is 4.96. The normalized spacial score (nSPS) is 15.4. The molecule has 0 spiro atoms. The number of amides is 2. The van der Waals surface area contributed by atoms with Crippen molar-refractivity contribution in [2.75, 3.05) is 20.1 Å². The monoisotopic (exact) mass is 289 g/mol. The number of piperidine rings is 1. The lowest BCUT2D eigenvalue weighted by Crippen LogP contribution is -2.38. The molecule has 2 amide bonds. The molecule has 1 fully saturated rings. The van der Waals surface area contributed by atoms with Crippen molar-refractivity contribution < 1.29 is 9.59 Å². The summed E-state index contributed by atoms with van der Waals surface area (Å²) < 4.78 is 0. The van der Waals surface area contributed by atoms with E-state index in [2.05, 4.69) is 25.7 Å². The van der Waals surface area contributed by atoms with Crippen molar-refractivity contribution in [1.82, 2.24) is 20.6 Å². The molecular formula is C14H19N5O2. The van der Waals surface area contributed by atoms with Crippen LogP contribution in [0.2, 0.25) is 0 Å². The van der Waals surface area contributed by atoms with Gasteiger partial charge in [-0.2, -0.15) is 5.10 Å². The van der Waals surface area contributed by atoms with E-state index in [0.29, 0.717) is 5.69 Å². The van der Waals surface area contributed by atoms with E-state index < -0.39 is 11.8 Å². The van der Waals surface area contributed by atoms with Gasteiger partial charge in [0.1, 0.15) is 0 Å². The first kappa shape index (κ1) is 15.1. The van der Waals surface area contributed by atoms with Gasteiger partial charge < -0.3 is 10.2 Å². The molecule has 0 saturated carbocycles. The smallest absolute Gasteiger partial charge is 0.329 e. The zero-order valence-corrected chi connectivity index (χ0v) is 12.0. The van der Waals surface area contributed by atoms with Crippen molar-refractivity contribution >= 4 is 17.5 Å². The lowest BCUT2D eigenvalue weighted by atomic mass is 10.1. The Morgan fingerprint density at radius 1 is 1.29 bits per heavy atom. The Morgan fingerprint density at radius 2 is 2.05 bits per heavy atom. The molecule has 0 radical (unpaired) electrons. The van der Waals surface area contributed by atoms with Crippen LogP contribution in [0, 0.1) is 0 Å². The third-order valence-electron chi connectivity index (χ3n) is 3.24. The maximum absolute atomic E-state index is 11.6. The highest BCUT2D eigenvalue weighted by atomic mass is 16.2. The highest BCUT2D eigenvalue weighted by molar-refractivity contribution is 6.35. The van der Waals surface area contributed by atoms with Gasteiger partial charge in [-0.25, -0.2) is 5.43 Å². The fraction of sp³-hybridized carbons (Fsp3) is 0.429. The fourth-order valence-electron chi connectivity index (χ4n) is 1.92. The Labute approximate surface area is 123 Å². The van der Waals surface area contributed by atoms with Crippen LogP contribution in [0.5, 0.6) is 0 Å². The second-order valence-corrected chi connectivity index (χ2v) is 4.93. The lowest BCUT2D eigenvalue weighted by Gasteiger charge is -2.22. The number of aromatic nitrogens is 1. The Kier molecular flexibility index (Phi) is 5.39. The van der Waals surface area contributed by atoms with Crippen molar-refractivity contribution in [3.8, 4) is 0 Å². The van der Waals surface area contributed by atoms with E-state index in [0.717, 1.165) is 31.6 Å². The van der Waals surface area contributed by atoms with Crippen LogP contribution in [-0.2, 0) is 16.1 Å². The van der Waals surface area contributed by atoms with Gasteiger partial charge in [0.2, 0.25) is 0 Å². The maximum atomic E-state index is 11.6. The van der Waals surface area contributed by atoms with Crippen molar-refractivity contribution in [2.45, 2.75) is 19.4 Å². The van der Waals surface area contributed by atoms with E-state index in [4.69, 9.17) is 0 Å². The topological polar surface area (TPSA) is 86.7 Å². The Balaban J connectivity index is 1.75. The Bertz CT molecular complexity index is 519. The molecular weight excluding hydrogens is 270 g/mol. The minimum atomic E-state index is -0.752. The maximum Gasteiger partial charge on any atom is 0.329 e. The summed E-state index contributed by atoms with van der Waals surface area (Å²) in [5.41, 5.74) is 3.91. The van der Waals surface area contributed by atoms with Gasteiger partial charge in [0, 0.05) is 37.8 Å². The standard InChI is InChI=1S/C14H19N5O2/c1-19-8-5-11(6-9-19)17-18-14(21)13(20)16-10-12-4-2-3-7-15-12/h2-4,7H,5-6,8-10H2,1H3,(H,16,20)(H,18,21). The molecule has 1 aromatic heterocycles. The van der Waals surface area contributed by atoms with Gasteiger partial charge in [0.15, 0.2) is 0 Å². The highest BCUT2D eigenvalue weighted by Crippen LogP contribution is 2.03. The number of pyridine rings is 1. The van der Waals surface area contributed by atoms with Crippen molar-refractivity contribution in [3.63, 3.8) is 0 Å². The first-order valence-corrected chi connectivity index (χ1v) is 6.87. The van der Waals surface area contributed by atoms with Crippen LogP contribution in [0.15, 0.2) is 29.5 Å². The molecule has 2 heterocycles. The van der Waals surface area contributed by atoms with Gasteiger partial charge in [-0.3, -0.25) is 14.6 Å². The first-order chi connectivity index (χ1) is 10.1. The van der Waals surface area contributed by atoms with Gasteiger partial charge in [-0.1, -0.05) is 6.07 Å². The molecule has 112 valence electrons. The molecule has 21 heavy (non-hydrogen) atoms. The number of hydrogen-bond donors (Lipinski definition) is 2. The molecule has 0 aliphatic carbocycles. The van der Waals surface area contributed by atoms with Crippen LogP contribution in [0.1, 0.15) is 18.5 Å². The van der Waals surface area contributed by atoms with E-state index >= 15 is 0 Å². The number of rotatable bonds is 3. The molecule has 2 N–H and O–H groups in total. The van der Waals surface area contributed by atoms with Crippen LogP contribution in [0.3, 0.4) is 0 Å². The number of hydrazone groups is 1. The van der Waals surface area contributed by atoms with Crippen molar-refractivity contribution in [1.29, 1.82) is 0 Å². The second kappa shape index (κ2) is 7.49. The number of carbonyl (C=O) groups is 2. The van der Waals surface area contributed by atoms with E-state index in [1.54, 1.807) is 18.3 Å². The summed E-state index contributed by atoms with van der Waals surface area (Å²) in [4.78, 5) is 29.5. The van der Waals surface area contributed by atoms with Gasteiger partial charge in [0.05, 0.1) is 12.2 Å². The molecule has 1 aliphatic rings. The van der Waals surface area contributed by atoms with Crippen LogP contribution in [0.4, 0.5) is 0 Å². The predicted octanol–water partition coefficient (Wildman–Crippen LogP) is -0.104. The minimum Gasteiger partial charge on any atom is -0.342 e. The summed E-state index contributed by atoms with van der Waals surface area (Å²) in [6, 6.07) is 5.38. The zero-order chi connectivity index (χ0) is 15.1. The summed E-state index contributed by atoms with van der Waals surface area (Å²) in [5, 5.41) is 6.51. The van der Waals surface area contributed by atoms with Gasteiger partial charge in [0.25, 0.3) is 0 Å². The number of hydrogen-bond acceptors (Lipinski definition) is 5. The average Bonchev–Trinajstić information content (AvgIpc) is 2.52. The van der Waals surface area contributed by atoms with Crippen molar-refractivity contribution in [3.05, 3.63) is 30.1 Å². The summed E-state index contributed by atoms with van der Waals surface area (Å²) in [5.74, 6) is -1.46. The van der Waals surface area contributed by atoms with Crippen LogP contribution in [0.25, 0.3) is 0 Å². The molecule has 0 aromatic carbocycles. The minimum absolute atomic E-state index is 0.217. The number of carbonyl (C=O) groups excluding carboxylic acids is 2. The van der Waals surface area contributed by atoms with Crippen LogP contribution >= 0.6 is 0 Å². The summed E-state index contributed by atoms with van der Waals surface area (Å²) in [7, 11) is 2.04. The van der Waals surface area contributed by atoms with Crippen LogP contribution < -0.4 is 10.7 Å². The first-order valence-electron chi connectivity index (χ1n) is 6.87. The van der Waals surface area contributed by atoms with Crippen LogP contribution in [-0.4, -0.2) is 47.5 Å². The van der Waals surface area contributed by atoms with Gasteiger partial charge in [-0.05, 0) is 19.2 Å². The third-order valence-corrected chi connectivity index (χ3v) is 3.24. The molecule has 7 nitrogen and oxygen atoms in total. The Hall–Kier alpha value is -2.28. The summed E-state index contributed by atoms with van der Waals surface area (Å²) in [6.45, 7) is 2.05. The predicted molar refractivity (Wildman–Crippen MR) is 78.4 cm³/mol. The number of likely N-dealkylation sites (tertiary alicyclic amines) is 1. The molecule has 1 aromatic rings. The van der Waals surface area contributed by atoms with Gasteiger partial charge >= 0.3 is 11.8 Å². The molecule has 0 bridgehead atoms. The molecule has 0 unspecified atom stereocenters. The molecule has 1 saturated heterocycles. The van der Waals surface area contributed by atoms with E-state index in [-0.39, 0.29) is 6.54 Å². The SMILES string of the molecule is CN1CCC(=NNC(=O)C(=O)NCc2ccccn2)CC1. The molecule has 2 rings (SSSR count). The average molecular weight is 289 g/mol. The number of nitrogens with zero attached hydrogens (tertiary/aromatic N) is 3. The van der Waals surface area contributed by atoms with Gasteiger partial charge in [-0.15, -0.1) is 0 Å². The largest absolute Gasteiger partial charge is 0.342 e. The van der Waals surface area contributed by atoms with E-state index in [1.807, 2.05) is 13.1 Å². The molecule has 7 heteroatoms. The summed E-state index contributed by atoms with van der Waals surface area (Å²) >= 11 is 0. The molecule has 1 aliphatic heterocycles. The lowest BCUT2D eigenvalue weighted by molar-refractivity contribution is -0.139.